The largest absolute Gasteiger partial charge is 0.405 e. The third-order valence-corrected chi connectivity index (χ3v) is 6.45. The molecule has 3 aliphatic rings. The van der Waals surface area contributed by atoms with Crippen molar-refractivity contribution in [3.05, 3.63) is 35.4 Å². The molecule has 1 aromatic carbocycles. The summed E-state index contributed by atoms with van der Waals surface area (Å²) in [4.78, 5) is 14.1. The van der Waals surface area contributed by atoms with Crippen molar-refractivity contribution in [2.75, 3.05) is 32.7 Å². The zero-order valence-electron chi connectivity index (χ0n) is 15.7. The number of rotatable bonds is 4. The van der Waals surface area contributed by atoms with E-state index in [1.54, 1.807) is 0 Å². The number of nitrogens with zero attached hydrogens (tertiary/aromatic N) is 1. The molecule has 28 heavy (non-hydrogen) atoms. The van der Waals surface area contributed by atoms with E-state index in [0.717, 1.165) is 25.7 Å². The maximum Gasteiger partial charge on any atom is 0.405 e. The van der Waals surface area contributed by atoms with Crippen molar-refractivity contribution in [1.82, 2.24) is 15.5 Å². The Morgan fingerprint density at radius 2 is 2.00 bits per heavy atom. The summed E-state index contributed by atoms with van der Waals surface area (Å²) >= 11 is 0. The molecule has 1 aromatic rings. The van der Waals surface area contributed by atoms with E-state index >= 15 is 0 Å². The molecular weight excluding hydrogens is 391 g/mol. The van der Waals surface area contributed by atoms with E-state index in [2.05, 4.69) is 22.8 Å². The average molecular weight is 418 g/mol. The quantitative estimate of drug-likeness (QED) is 0.791. The molecule has 1 saturated heterocycles. The number of hydrogen-bond donors (Lipinski definition) is 2. The molecule has 2 N–H and O–H groups in total. The number of benzene rings is 1. The van der Waals surface area contributed by atoms with E-state index in [1.165, 1.54) is 16.0 Å². The van der Waals surface area contributed by atoms with Gasteiger partial charge in [0.1, 0.15) is 6.04 Å². The van der Waals surface area contributed by atoms with Crippen LogP contribution in [0, 0.1) is 5.92 Å². The predicted octanol–water partition coefficient (Wildman–Crippen LogP) is 2.65. The first-order chi connectivity index (χ1) is 12.9. The van der Waals surface area contributed by atoms with Crippen molar-refractivity contribution in [2.45, 2.75) is 43.3 Å². The molecule has 3 atom stereocenters. The van der Waals surface area contributed by atoms with Gasteiger partial charge in [0, 0.05) is 44.1 Å². The summed E-state index contributed by atoms with van der Waals surface area (Å²) < 4.78 is 40.5. The van der Waals surface area contributed by atoms with Gasteiger partial charge in [0.2, 0.25) is 5.91 Å². The van der Waals surface area contributed by atoms with Crippen LogP contribution in [-0.2, 0) is 16.6 Å². The van der Waals surface area contributed by atoms with Gasteiger partial charge in [-0.3, -0.25) is 9.69 Å². The van der Waals surface area contributed by atoms with Crippen LogP contribution in [0.4, 0.5) is 13.2 Å². The number of fused-ring (bicyclic) bond motifs is 2. The number of nitrogens with one attached hydrogen (secondary N) is 2. The molecule has 0 bridgehead atoms. The molecule has 1 amide bonds. The van der Waals surface area contributed by atoms with Crippen LogP contribution in [0.25, 0.3) is 0 Å². The van der Waals surface area contributed by atoms with Crippen molar-refractivity contribution in [1.29, 1.82) is 0 Å². The highest BCUT2D eigenvalue weighted by atomic mass is 35.5. The summed E-state index contributed by atoms with van der Waals surface area (Å²) in [7, 11) is 0. The topological polar surface area (TPSA) is 44.4 Å². The lowest BCUT2D eigenvalue weighted by Crippen LogP contribution is -2.57. The lowest BCUT2D eigenvalue weighted by Gasteiger charge is -2.36. The lowest BCUT2D eigenvalue weighted by molar-refractivity contribution is -0.184. The van der Waals surface area contributed by atoms with Crippen LogP contribution in [0.5, 0.6) is 0 Å². The first-order valence-electron chi connectivity index (χ1n) is 9.79. The standard InChI is InChI=1S/C20H26F3N3O.ClH/c21-20(22,23)17(26-10-8-24-9-11-26)13-25-18(27)16-12-19(16)7-3-5-14-4-1-2-6-15(14)19;/h1-2,4,6,16-17,24H,3,5,7-13H2,(H,25,27);1H. The fraction of sp³-hybridized carbons (Fsp3) is 0.650. The number of amides is 1. The first-order valence-corrected chi connectivity index (χ1v) is 9.79. The summed E-state index contributed by atoms with van der Waals surface area (Å²) in [5, 5.41) is 5.70. The molecule has 2 aliphatic carbocycles. The summed E-state index contributed by atoms with van der Waals surface area (Å²) in [6.07, 6.45) is -0.593. The summed E-state index contributed by atoms with van der Waals surface area (Å²) in [5.41, 5.74) is 2.36. The lowest BCUT2D eigenvalue weighted by atomic mass is 9.78. The first kappa shape index (κ1) is 21.4. The smallest absolute Gasteiger partial charge is 0.354 e. The molecule has 4 nitrogen and oxygen atoms in total. The van der Waals surface area contributed by atoms with Crippen LogP contribution in [0.15, 0.2) is 24.3 Å². The molecule has 3 unspecified atom stereocenters. The highest BCUT2D eigenvalue weighted by Gasteiger charge is 2.60. The van der Waals surface area contributed by atoms with Gasteiger partial charge in [-0.05, 0) is 36.8 Å². The minimum absolute atomic E-state index is 0. The van der Waals surface area contributed by atoms with Gasteiger partial charge in [0.15, 0.2) is 0 Å². The second-order valence-electron chi connectivity index (χ2n) is 8.01. The van der Waals surface area contributed by atoms with Crippen LogP contribution in [0.2, 0.25) is 0 Å². The molecule has 1 saturated carbocycles. The third kappa shape index (κ3) is 4.02. The van der Waals surface area contributed by atoms with E-state index in [1.807, 2.05) is 12.1 Å². The second kappa shape index (κ2) is 8.20. The van der Waals surface area contributed by atoms with E-state index in [4.69, 9.17) is 0 Å². The Labute approximate surface area is 169 Å². The fourth-order valence-electron chi connectivity index (χ4n) is 4.94. The van der Waals surface area contributed by atoms with Gasteiger partial charge < -0.3 is 10.6 Å². The Hall–Kier alpha value is -1.31. The van der Waals surface area contributed by atoms with Gasteiger partial charge in [0.05, 0.1) is 0 Å². The van der Waals surface area contributed by atoms with Gasteiger partial charge in [0.25, 0.3) is 0 Å². The van der Waals surface area contributed by atoms with E-state index in [0.29, 0.717) is 26.2 Å². The molecule has 4 rings (SSSR count). The molecule has 8 heteroatoms. The van der Waals surface area contributed by atoms with Crippen molar-refractivity contribution >= 4 is 18.3 Å². The Kier molecular flexibility index (Phi) is 6.27. The van der Waals surface area contributed by atoms with Crippen molar-refractivity contribution in [3.8, 4) is 0 Å². The van der Waals surface area contributed by atoms with Gasteiger partial charge in [-0.1, -0.05) is 24.3 Å². The Morgan fingerprint density at radius 3 is 2.71 bits per heavy atom. The van der Waals surface area contributed by atoms with Gasteiger partial charge in [-0.2, -0.15) is 13.2 Å². The molecule has 1 aliphatic heterocycles. The number of piperazine rings is 1. The number of carbonyl (C=O) groups excluding carboxylic acids is 1. The third-order valence-electron chi connectivity index (χ3n) is 6.45. The van der Waals surface area contributed by atoms with Gasteiger partial charge in [-0.25, -0.2) is 0 Å². The highest BCUT2D eigenvalue weighted by molar-refractivity contribution is 5.85. The minimum Gasteiger partial charge on any atom is -0.354 e. The zero-order valence-corrected chi connectivity index (χ0v) is 16.5. The zero-order chi connectivity index (χ0) is 19.1. The molecule has 1 spiro atoms. The molecule has 0 radical (unpaired) electrons. The van der Waals surface area contributed by atoms with Crippen molar-refractivity contribution in [3.63, 3.8) is 0 Å². The Balaban J connectivity index is 0.00000225. The summed E-state index contributed by atoms with van der Waals surface area (Å²) in [6.45, 7) is 1.42. The minimum atomic E-state index is -4.34. The number of halogens is 4. The predicted molar refractivity (Wildman–Crippen MR) is 104 cm³/mol. The molecule has 0 aromatic heterocycles. The SMILES string of the molecule is Cl.O=C(NCC(N1CCNCC1)C(F)(F)F)C1CC12CCCc1ccccc12. The summed E-state index contributed by atoms with van der Waals surface area (Å²) in [6, 6.07) is 6.58. The molecule has 156 valence electrons. The molecular formula is C20H27ClF3N3O. The number of aryl methyl sites for hydroxylation is 1. The number of carbonyl (C=O) groups is 1. The molecule has 1 heterocycles. The average Bonchev–Trinajstić information content (AvgIpc) is 3.37. The Bertz CT molecular complexity index is 708. The number of alkyl halides is 3. The van der Waals surface area contributed by atoms with E-state index in [-0.39, 0.29) is 36.2 Å². The van der Waals surface area contributed by atoms with Crippen LogP contribution >= 0.6 is 12.4 Å². The van der Waals surface area contributed by atoms with Crippen LogP contribution in [-0.4, -0.2) is 55.7 Å². The highest BCUT2D eigenvalue weighted by Crippen LogP contribution is 2.60. The van der Waals surface area contributed by atoms with Gasteiger partial charge >= 0.3 is 6.18 Å². The molecule has 2 fully saturated rings. The van der Waals surface area contributed by atoms with Crippen molar-refractivity contribution in [2.24, 2.45) is 5.92 Å². The normalized spacial score (nSPS) is 28.2. The monoisotopic (exact) mass is 417 g/mol. The number of hydrogen-bond acceptors (Lipinski definition) is 3. The van der Waals surface area contributed by atoms with E-state index < -0.39 is 12.2 Å². The maximum atomic E-state index is 13.5. The van der Waals surface area contributed by atoms with E-state index in [9.17, 15) is 18.0 Å². The van der Waals surface area contributed by atoms with Gasteiger partial charge in [-0.15, -0.1) is 12.4 Å². The van der Waals surface area contributed by atoms with Crippen LogP contribution in [0.1, 0.15) is 30.4 Å². The fourth-order valence-corrected chi connectivity index (χ4v) is 4.94. The van der Waals surface area contributed by atoms with Crippen LogP contribution < -0.4 is 10.6 Å². The Morgan fingerprint density at radius 1 is 1.29 bits per heavy atom. The second-order valence-corrected chi connectivity index (χ2v) is 8.01. The van der Waals surface area contributed by atoms with Crippen molar-refractivity contribution < 1.29 is 18.0 Å². The van der Waals surface area contributed by atoms with Crippen LogP contribution in [0.3, 0.4) is 0 Å². The summed E-state index contributed by atoms with van der Waals surface area (Å²) in [5.74, 6) is -0.424. The maximum absolute atomic E-state index is 13.5.